The SMILES string of the molecule is Cc1ccsc1CNC(=O)[C@@H]1CCCN1.Cl. The number of carbonyl (C=O) groups excluding carboxylic acids is 1. The second kappa shape index (κ2) is 6.23. The molecule has 90 valence electrons. The summed E-state index contributed by atoms with van der Waals surface area (Å²) in [6, 6.07) is 2.12. The number of halogens is 1. The van der Waals surface area contributed by atoms with Gasteiger partial charge in [-0.1, -0.05) is 0 Å². The van der Waals surface area contributed by atoms with Crippen LogP contribution in [0.2, 0.25) is 0 Å². The number of nitrogens with one attached hydrogen (secondary N) is 2. The van der Waals surface area contributed by atoms with E-state index < -0.39 is 0 Å². The van der Waals surface area contributed by atoms with E-state index in [1.165, 1.54) is 10.4 Å². The number of rotatable bonds is 3. The fraction of sp³-hybridized carbons (Fsp3) is 0.545. The molecule has 1 aliphatic heterocycles. The van der Waals surface area contributed by atoms with Crippen molar-refractivity contribution in [1.82, 2.24) is 10.6 Å². The van der Waals surface area contributed by atoms with Gasteiger partial charge < -0.3 is 10.6 Å². The molecule has 16 heavy (non-hydrogen) atoms. The zero-order chi connectivity index (χ0) is 10.7. The first kappa shape index (κ1) is 13.5. The number of hydrogen-bond acceptors (Lipinski definition) is 3. The Morgan fingerprint density at radius 1 is 1.69 bits per heavy atom. The molecular weight excluding hydrogens is 244 g/mol. The standard InChI is InChI=1S/C11H16N2OS.ClH/c1-8-4-6-15-10(8)7-13-11(14)9-3-2-5-12-9;/h4,6,9,12H,2-3,5,7H2,1H3,(H,13,14);1H/t9-;/m0./s1. The molecule has 0 aliphatic carbocycles. The van der Waals surface area contributed by atoms with Gasteiger partial charge in [0.05, 0.1) is 12.6 Å². The Kier molecular flexibility index (Phi) is 5.25. The highest BCUT2D eigenvalue weighted by Crippen LogP contribution is 2.15. The Hall–Kier alpha value is -0.580. The van der Waals surface area contributed by atoms with Crippen molar-refractivity contribution in [3.05, 3.63) is 21.9 Å². The zero-order valence-corrected chi connectivity index (χ0v) is 10.9. The van der Waals surface area contributed by atoms with Crippen LogP contribution in [0, 0.1) is 6.92 Å². The molecule has 0 bridgehead atoms. The minimum atomic E-state index is 0. The first-order valence-electron chi connectivity index (χ1n) is 5.31. The molecule has 5 heteroatoms. The van der Waals surface area contributed by atoms with Crippen LogP contribution in [0.4, 0.5) is 0 Å². The van der Waals surface area contributed by atoms with Gasteiger partial charge >= 0.3 is 0 Å². The Morgan fingerprint density at radius 3 is 3.06 bits per heavy atom. The molecule has 1 atom stereocenters. The van der Waals surface area contributed by atoms with Crippen molar-refractivity contribution in [2.75, 3.05) is 6.54 Å². The Morgan fingerprint density at radius 2 is 2.50 bits per heavy atom. The summed E-state index contributed by atoms with van der Waals surface area (Å²) >= 11 is 1.70. The molecule has 2 N–H and O–H groups in total. The molecule has 2 heterocycles. The second-order valence-electron chi connectivity index (χ2n) is 3.89. The third-order valence-corrected chi connectivity index (χ3v) is 3.79. The van der Waals surface area contributed by atoms with Crippen LogP contribution in [-0.2, 0) is 11.3 Å². The van der Waals surface area contributed by atoms with Gasteiger partial charge in [0.15, 0.2) is 0 Å². The van der Waals surface area contributed by atoms with Crippen LogP contribution in [-0.4, -0.2) is 18.5 Å². The maximum atomic E-state index is 11.7. The van der Waals surface area contributed by atoms with Crippen LogP contribution < -0.4 is 10.6 Å². The summed E-state index contributed by atoms with van der Waals surface area (Å²) in [5, 5.41) is 8.23. The van der Waals surface area contributed by atoms with E-state index >= 15 is 0 Å². The van der Waals surface area contributed by atoms with Crippen LogP contribution >= 0.6 is 23.7 Å². The summed E-state index contributed by atoms with van der Waals surface area (Å²) in [4.78, 5) is 12.9. The minimum Gasteiger partial charge on any atom is -0.350 e. The van der Waals surface area contributed by atoms with Gasteiger partial charge in [0, 0.05) is 4.88 Å². The van der Waals surface area contributed by atoms with E-state index in [1.807, 2.05) is 0 Å². The largest absolute Gasteiger partial charge is 0.350 e. The summed E-state index contributed by atoms with van der Waals surface area (Å²) in [5.41, 5.74) is 1.26. The van der Waals surface area contributed by atoms with Crippen molar-refractivity contribution in [2.45, 2.75) is 32.4 Å². The second-order valence-corrected chi connectivity index (χ2v) is 4.89. The molecule has 1 aromatic rings. The summed E-state index contributed by atoms with van der Waals surface area (Å²) in [6.45, 7) is 3.71. The predicted molar refractivity (Wildman–Crippen MR) is 69.2 cm³/mol. The molecule has 3 nitrogen and oxygen atoms in total. The molecule has 1 fully saturated rings. The van der Waals surface area contributed by atoms with Gasteiger partial charge in [-0.25, -0.2) is 0 Å². The smallest absolute Gasteiger partial charge is 0.237 e. The lowest BCUT2D eigenvalue weighted by molar-refractivity contribution is -0.122. The monoisotopic (exact) mass is 260 g/mol. The van der Waals surface area contributed by atoms with Crippen LogP contribution in [0.1, 0.15) is 23.3 Å². The molecule has 1 saturated heterocycles. The van der Waals surface area contributed by atoms with E-state index in [-0.39, 0.29) is 24.4 Å². The first-order valence-corrected chi connectivity index (χ1v) is 6.19. The van der Waals surface area contributed by atoms with Gasteiger partial charge in [-0.05, 0) is 43.3 Å². The van der Waals surface area contributed by atoms with Gasteiger partial charge in [0.1, 0.15) is 0 Å². The molecule has 1 aromatic heterocycles. The quantitative estimate of drug-likeness (QED) is 0.871. The van der Waals surface area contributed by atoms with Crippen molar-refractivity contribution in [2.24, 2.45) is 0 Å². The summed E-state index contributed by atoms with van der Waals surface area (Å²) < 4.78 is 0. The maximum Gasteiger partial charge on any atom is 0.237 e. The predicted octanol–water partition coefficient (Wildman–Crippen LogP) is 1.85. The highest BCUT2D eigenvalue weighted by molar-refractivity contribution is 7.10. The van der Waals surface area contributed by atoms with Crippen LogP contribution in [0.15, 0.2) is 11.4 Å². The minimum absolute atomic E-state index is 0. The van der Waals surface area contributed by atoms with E-state index in [2.05, 4.69) is 29.0 Å². The summed E-state index contributed by atoms with van der Waals surface area (Å²) in [7, 11) is 0. The number of carbonyl (C=O) groups is 1. The van der Waals surface area contributed by atoms with E-state index in [4.69, 9.17) is 0 Å². The average molecular weight is 261 g/mol. The lowest BCUT2D eigenvalue weighted by Crippen LogP contribution is -2.39. The number of thiophene rings is 1. The number of hydrogen-bond donors (Lipinski definition) is 2. The van der Waals surface area contributed by atoms with Crippen molar-refractivity contribution in [1.29, 1.82) is 0 Å². The van der Waals surface area contributed by atoms with Crippen LogP contribution in [0.5, 0.6) is 0 Å². The van der Waals surface area contributed by atoms with E-state index in [0.717, 1.165) is 19.4 Å². The van der Waals surface area contributed by atoms with Gasteiger partial charge in [0.25, 0.3) is 0 Å². The third kappa shape index (κ3) is 3.20. The van der Waals surface area contributed by atoms with E-state index in [1.54, 1.807) is 11.3 Å². The molecule has 0 aromatic carbocycles. The number of aryl methyl sites for hydroxylation is 1. The van der Waals surface area contributed by atoms with Gasteiger partial charge in [-0.2, -0.15) is 0 Å². The molecule has 1 aliphatic rings. The first-order chi connectivity index (χ1) is 7.27. The van der Waals surface area contributed by atoms with Gasteiger partial charge in [-0.3, -0.25) is 4.79 Å². The third-order valence-electron chi connectivity index (χ3n) is 2.77. The van der Waals surface area contributed by atoms with E-state index in [0.29, 0.717) is 6.54 Å². The van der Waals surface area contributed by atoms with E-state index in [9.17, 15) is 4.79 Å². The normalized spacial score (nSPS) is 19.2. The van der Waals surface area contributed by atoms with Crippen molar-refractivity contribution >= 4 is 29.7 Å². The maximum absolute atomic E-state index is 11.7. The molecular formula is C11H17ClN2OS. The van der Waals surface area contributed by atoms with Crippen molar-refractivity contribution in [3.63, 3.8) is 0 Å². The Balaban J connectivity index is 0.00000128. The van der Waals surface area contributed by atoms with Crippen LogP contribution in [0.25, 0.3) is 0 Å². The fourth-order valence-electron chi connectivity index (χ4n) is 1.78. The highest BCUT2D eigenvalue weighted by Gasteiger charge is 2.21. The molecule has 1 amide bonds. The van der Waals surface area contributed by atoms with Gasteiger partial charge in [0.2, 0.25) is 5.91 Å². The topological polar surface area (TPSA) is 41.1 Å². The summed E-state index contributed by atoms with van der Waals surface area (Å²) in [5.74, 6) is 0.139. The molecule has 0 unspecified atom stereocenters. The summed E-state index contributed by atoms with van der Waals surface area (Å²) in [6.07, 6.45) is 2.07. The fourth-order valence-corrected chi connectivity index (χ4v) is 2.63. The van der Waals surface area contributed by atoms with Crippen LogP contribution in [0.3, 0.4) is 0 Å². The Labute approximate surface area is 106 Å². The molecule has 0 spiro atoms. The average Bonchev–Trinajstić information content (AvgIpc) is 2.85. The lowest BCUT2D eigenvalue weighted by Gasteiger charge is -2.10. The molecule has 0 saturated carbocycles. The van der Waals surface area contributed by atoms with Crippen molar-refractivity contribution in [3.8, 4) is 0 Å². The van der Waals surface area contributed by atoms with Crippen molar-refractivity contribution < 1.29 is 4.79 Å². The Bertz CT molecular complexity index is 348. The number of amides is 1. The van der Waals surface area contributed by atoms with Gasteiger partial charge in [-0.15, -0.1) is 23.7 Å². The molecule has 0 radical (unpaired) electrons. The zero-order valence-electron chi connectivity index (χ0n) is 9.29. The molecule has 2 rings (SSSR count). The highest BCUT2D eigenvalue weighted by atomic mass is 35.5. The lowest BCUT2D eigenvalue weighted by atomic mass is 10.2.